The third-order valence-electron chi connectivity index (χ3n) is 4.77. The van der Waals surface area contributed by atoms with Crippen LogP contribution in [0, 0.1) is 0 Å². The molecule has 0 amide bonds. The fraction of sp³-hybridized carbons (Fsp3) is 0.625. The Labute approximate surface area is 134 Å². The first-order chi connectivity index (χ1) is 10.9. The number of aromatic nitrogens is 2. The zero-order chi connectivity index (χ0) is 14.8. The fourth-order valence-electron chi connectivity index (χ4n) is 3.15. The first-order valence-corrected chi connectivity index (χ1v) is 9.09. The van der Waals surface area contributed by atoms with Crippen molar-refractivity contribution in [1.82, 2.24) is 15.1 Å². The van der Waals surface area contributed by atoms with Crippen molar-refractivity contribution in [2.45, 2.75) is 50.6 Å². The molecule has 2 aromatic heterocycles. The second-order valence-corrected chi connectivity index (χ2v) is 7.38. The molecule has 1 aliphatic heterocycles. The Kier molecular flexibility index (Phi) is 4.12. The summed E-state index contributed by atoms with van der Waals surface area (Å²) in [5.41, 5.74) is 0. The molecule has 0 atom stereocenters. The number of likely N-dealkylation sites (tertiary alicyclic amines) is 1. The first kappa shape index (κ1) is 14.2. The van der Waals surface area contributed by atoms with Gasteiger partial charge in [-0.3, -0.25) is 4.90 Å². The van der Waals surface area contributed by atoms with Gasteiger partial charge in [0.1, 0.15) is 0 Å². The maximum absolute atomic E-state index is 5.76. The van der Waals surface area contributed by atoms with Crippen LogP contribution in [0.1, 0.15) is 48.8 Å². The number of anilines is 1. The van der Waals surface area contributed by atoms with Gasteiger partial charge in [0.05, 0.1) is 0 Å². The molecule has 1 aliphatic carbocycles. The lowest BCUT2D eigenvalue weighted by Gasteiger charge is -2.31. The lowest BCUT2D eigenvalue weighted by molar-refractivity contribution is 0.211. The van der Waals surface area contributed by atoms with Crippen molar-refractivity contribution in [3.05, 3.63) is 28.3 Å². The average molecular weight is 318 g/mol. The smallest absolute Gasteiger partial charge is 0.315 e. The summed E-state index contributed by atoms with van der Waals surface area (Å²) in [6.45, 7) is 3.33. The Hall–Kier alpha value is -1.40. The van der Waals surface area contributed by atoms with E-state index >= 15 is 0 Å². The van der Waals surface area contributed by atoms with E-state index in [2.05, 4.69) is 37.9 Å². The van der Waals surface area contributed by atoms with E-state index in [1.807, 2.05) is 11.3 Å². The number of thiophene rings is 1. The van der Waals surface area contributed by atoms with Gasteiger partial charge in [0.15, 0.2) is 0 Å². The minimum Gasteiger partial charge on any atom is -0.408 e. The van der Waals surface area contributed by atoms with Crippen LogP contribution >= 0.6 is 11.3 Å². The van der Waals surface area contributed by atoms with Gasteiger partial charge >= 0.3 is 6.01 Å². The maximum Gasteiger partial charge on any atom is 0.315 e. The monoisotopic (exact) mass is 318 g/mol. The zero-order valence-corrected chi connectivity index (χ0v) is 13.5. The standard InChI is InChI=1S/C16H22N4OS/c1-3-12(4-1)15-18-19-16(21-15)17-13-6-8-20(9-7-13)11-14-5-2-10-22-14/h2,5,10,12-13H,1,3-4,6-9,11H2,(H,17,19). The highest BCUT2D eigenvalue weighted by atomic mass is 32.1. The molecule has 22 heavy (non-hydrogen) atoms. The van der Waals surface area contributed by atoms with Gasteiger partial charge in [0.25, 0.3) is 0 Å². The lowest BCUT2D eigenvalue weighted by Crippen LogP contribution is -2.38. The van der Waals surface area contributed by atoms with E-state index < -0.39 is 0 Å². The van der Waals surface area contributed by atoms with Crippen molar-refractivity contribution in [3.8, 4) is 0 Å². The molecule has 118 valence electrons. The summed E-state index contributed by atoms with van der Waals surface area (Å²) >= 11 is 1.84. The molecular formula is C16H22N4OS. The molecule has 2 aliphatic rings. The number of hydrogen-bond donors (Lipinski definition) is 1. The number of nitrogens with zero attached hydrogens (tertiary/aromatic N) is 3. The van der Waals surface area contributed by atoms with E-state index in [9.17, 15) is 0 Å². The van der Waals surface area contributed by atoms with Crippen LogP contribution in [-0.4, -0.2) is 34.2 Å². The van der Waals surface area contributed by atoms with Gasteiger partial charge in [-0.1, -0.05) is 17.6 Å². The van der Waals surface area contributed by atoms with Crippen LogP contribution < -0.4 is 5.32 Å². The van der Waals surface area contributed by atoms with E-state index in [1.54, 1.807) is 0 Å². The summed E-state index contributed by atoms with van der Waals surface area (Å²) in [5.74, 6) is 1.33. The number of rotatable bonds is 5. The molecule has 0 bridgehead atoms. The van der Waals surface area contributed by atoms with E-state index in [-0.39, 0.29) is 0 Å². The number of hydrogen-bond acceptors (Lipinski definition) is 6. The van der Waals surface area contributed by atoms with Crippen molar-refractivity contribution >= 4 is 17.4 Å². The van der Waals surface area contributed by atoms with Crippen molar-refractivity contribution in [2.24, 2.45) is 0 Å². The maximum atomic E-state index is 5.76. The molecule has 6 heteroatoms. The SMILES string of the molecule is c1csc(CN2CCC(Nc3nnc(C4CCC4)o3)CC2)c1. The second-order valence-electron chi connectivity index (χ2n) is 6.35. The fourth-order valence-corrected chi connectivity index (χ4v) is 3.89. The molecule has 5 nitrogen and oxygen atoms in total. The third kappa shape index (κ3) is 3.17. The highest BCUT2D eigenvalue weighted by Gasteiger charge is 2.26. The predicted octanol–water partition coefficient (Wildman–Crippen LogP) is 3.48. The van der Waals surface area contributed by atoms with Crippen LogP contribution in [0.25, 0.3) is 0 Å². The molecule has 0 radical (unpaired) electrons. The summed E-state index contributed by atoms with van der Waals surface area (Å²) in [4.78, 5) is 3.98. The average Bonchev–Trinajstić information content (AvgIpc) is 3.12. The van der Waals surface area contributed by atoms with Crippen LogP contribution in [0.4, 0.5) is 6.01 Å². The summed E-state index contributed by atoms with van der Waals surface area (Å²) < 4.78 is 5.76. The Balaban J connectivity index is 1.26. The number of nitrogens with one attached hydrogen (secondary N) is 1. The molecule has 2 fully saturated rings. The van der Waals surface area contributed by atoms with Crippen molar-refractivity contribution in [1.29, 1.82) is 0 Å². The van der Waals surface area contributed by atoms with Gasteiger partial charge in [0, 0.05) is 36.5 Å². The Bertz CT molecular complexity index is 585. The Morgan fingerprint density at radius 1 is 1.23 bits per heavy atom. The van der Waals surface area contributed by atoms with Crippen molar-refractivity contribution in [3.63, 3.8) is 0 Å². The second kappa shape index (κ2) is 6.38. The molecule has 3 heterocycles. The highest BCUT2D eigenvalue weighted by Crippen LogP contribution is 2.36. The van der Waals surface area contributed by atoms with E-state index in [0.717, 1.165) is 38.4 Å². The molecular weight excluding hydrogens is 296 g/mol. The minimum atomic E-state index is 0.453. The third-order valence-corrected chi connectivity index (χ3v) is 5.63. The topological polar surface area (TPSA) is 54.2 Å². The van der Waals surface area contributed by atoms with Crippen LogP contribution in [0.2, 0.25) is 0 Å². The largest absolute Gasteiger partial charge is 0.408 e. The molecule has 0 aromatic carbocycles. The van der Waals surface area contributed by atoms with Crippen LogP contribution in [0.15, 0.2) is 21.9 Å². The lowest BCUT2D eigenvalue weighted by atomic mass is 9.85. The zero-order valence-electron chi connectivity index (χ0n) is 12.7. The van der Waals surface area contributed by atoms with Gasteiger partial charge in [-0.2, -0.15) is 0 Å². The van der Waals surface area contributed by atoms with Crippen LogP contribution in [0.3, 0.4) is 0 Å². The molecule has 4 rings (SSSR count). The molecule has 0 unspecified atom stereocenters. The van der Waals surface area contributed by atoms with Gasteiger partial charge < -0.3 is 9.73 Å². The minimum absolute atomic E-state index is 0.453. The molecule has 0 spiro atoms. The van der Waals surface area contributed by atoms with Crippen LogP contribution in [-0.2, 0) is 6.54 Å². The first-order valence-electron chi connectivity index (χ1n) is 8.21. The summed E-state index contributed by atoms with van der Waals surface area (Å²) in [6, 6.07) is 5.41. The summed E-state index contributed by atoms with van der Waals surface area (Å²) in [7, 11) is 0. The Morgan fingerprint density at radius 2 is 2.09 bits per heavy atom. The highest BCUT2D eigenvalue weighted by molar-refractivity contribution is 7.09. The number of piperidine rings is 1. The predicted molar refractivity (Wildman–Crippen MR) is 87.1 cm³/mol. The molecule has 1 N–H and O–H groups in total. The van der Waals surface area contributed by atoms with Gasteiger partial charge in [-0.25, -0.2) is 0 Å². The van der Waals surface area contributed by atoms with Crippen molar-refractivity contribution in [2.75, 3.05) is 18.4 Å². The molecule has 1 saturated heterocycles. The van der Waals surface area contributed by atoms with Gasteiger partial charge in [0.2, 0.25) is 5.89 Å². The van der Waals surface area contributed by atoms with Crippen LogP contribution in [0.5, 0.6) is 0 Å². The summed E-state index contributed by atoms with van der Waals surface area (Å²) in [5, 5.41) is 13.9. The summed E-state index contributed by atoms with van der Waals surface area (Å²) in [6.07, 6.45) is 5.95. The van der Waals surface area contributed by atoms with Gasteiger partial charge in [-0.05, 0) is 37.1 Å². The Morgan fingerprint density at radius 3 is 2.77 bits per heavy atom. The quantitative estimate of drug-likeness (QED) is 0.915. The van der Waals surface area contributed by atoms with E-state index in [4.69, 9.17) is 4.42 Å². The van der Waals surface area contributed by atoms with E-state index in [1.165, 1.54) is 24.1 Å². The van der Waals surface area contributed by atoms with E-state index in [0.29, 0.717) is 18.0 Å². The molecule has 2 aromatic rings. The van der Waals surface area contributed by atoms with Crippen molar-refractivity contribution < 1.29 is 4.42 Å². The normalized spacial score (nSPS) is 20.9. The molecule has 1 saturated carbocycles. The van der Waals surface area contributed by atoms with Gasteiger partial charge in [-0.15, -0.1) is 16.4 Å².